The smallest absolute Gasteiger partial charge is 0.105 e. The molecule has 0 radical (unpaired) electrons. The van der Waals surface area contributed by atoms with Gasteiger partial charge in [0.15, 0.2) is 0 Å². The summed E-state index contributed by atoms with van der Waals surface area (Å²) < 4.78 is 5.35. The number of nitrogens with zero attached hydrogens (tertiary/aromatic N) is 1. The Bertz CT molecular complexity index is 310. The molecule has 1 saturated heterocycles. The molecule has 1 aromatic heterocycles. The molecular weight excluding hydrogens is 224 g/mol. The van der Waals surface area contributed by atoms with Crippen molar-refractivity contribution in [2.45, 2.75) is 45.1 Å². The van der Waals surface area contributed by atoms with E-state index in [-0.39, 0.29) is 0 Å². The monoisotopic (exact) mass is 250 g/mol. The standard InChI is InChI=1S/C15H26N2O/c1-2-10-17-11-3-5-14(8-12-17)16-9-7-15-6-4-13-18-15/h4,6,13-14,16H,2-3,5,7-12H2,1H3. The highest BCUT2D eigenvalue weighted by molar-refractivity contribution is 4.98. The van der Waals surface area contributed by atoms with Crippen molar-refractivity contribution < 1.29 is 4.42 Å². The van der Waals surface area contributed by atoms with E-state index in [9.17, 15) is 0 Å². The van der Waals surface area contributed by atoms with Gasteiger partial charge < -0.3 is 14.6 Å². The zero-order valence-corrected chi connectivity index (χ0v) is 11.5. The summed E-state index contributed by atoms with van der Waals surface area (Å²) in [6.07, 6.45) is 7.97. The second-order valence-corrected chi connectivity index (χ2v) is 5.25. The van der Waals surface area contributed by atoms with Crippen molar-refractivity contribution in [1.29, 1.82) is 0 Å². The Balaban J connectivity index is 1.64. The zero-order valence-electron chi connectivity index (χ0n) is 11.5. The van der Waals surface area contributed by atoms with E-state index in [2.05, 4.69) is 23.2 Å². The summed E-state index contributed by atoms with van der Waals surface area (Å²) >= 11 is 0. The number of hydrogen-bond donors (Lipinski definition) is 1. The van der Waals surface area contributed by atoms with Crippen LogP contribution >= 0.6 is 0 Å². The Morgan fingerprint density at radius 1 is 1.39 bits per heavy atom. The van der Waals surface area contributed by atoms with Gasteiger partial charge in [0.1, 0.15) is 5.76 Å². The predicted molar refractivity (Wildman–Crippen MR) is 74.8 cm³/mol. The molecule has 18 heavy (non-hydrogen) atoms. The minimum atomic E-state index is 0.696. The first kappa shape index (κ1) is 13.6. The van der Waals surface area contributed by atoms with E-state index >= 15 is 0 Å². The third-order valence-corrected chi connectivity index (χ3v) is 3.75. The molecule has 0 bridgehead atoms. The first-order valence-corrected chi connectivity index (χ1v) is 7.36. The topological polar surface area (TPSA) is 28.4 Å². The van der Waals surface area contributed by atoms with E-state index in [0.29, 0.717) is 6.04 Å². The van der Waals surface area contributed by atoms with Crippen molar-refractivity contribution in [3.8, 4) is 0 Å². The Labute approximate surface area is 111 Å². The van der Waals surface area contributed by atoms with Gasteiger partial charge in [0.2, 0.25) is 0 Å². The highest BCUT2D eigenvalue weighted by atomic mass is 16.3. The van der Waals surface area contributed by atoms with Crippen LogP contribution in [0.5, 0.6) is 0 Å². The maximum absolute atomic E-state index is 5.35. The van der Waals surface area contributed by atoms with Crippen LogP contribution in [0.15, 0.2) is 22.8 Å². The summed E-state index contributed by atoms with van der Waals surface area (Å²) in [5, 5.41) is 3.68. The highest BCUT2D eigenvalue weighted by Crippen LogP contribution is 2.11. The SMILES string of the molecule is CCCN1CCCC(NCCc2ccco2)CC1. The first-order valence-electron chi connectivity index (χ1n) is 7.36. The fourth-order valence-corrected chi connectivity index (χ4v) is 2.75. The molecule has 1 aliphatic heterocycles. The Morgan fingerprint density at radius 3 is 3.11 bits per heavy atom. The lowest BCUT2D eigenvalue weighted by Crippen LogP contribution is -2.32. The van der Waals surface area contributed by atoms with Gasteiger partial charge in [0, 0.05) is 19.0 Å². The molecule has 102 valence electrons. The molecule has 1 fully saturated rings. The van der Waals surface area contributed by atoms with Gasteiger partial charge in [-0.2, -0.15) is 0 Å². The first-order chi connectivity index (χ1) is 8.88. The van der Waals surface area contributed by atoms with Crippen LogP contribution < -0.4 is 5.32 Å². The van der Waals surface area contributed by atoms with Crippen LogP contribution in [0.3, 0.4) is 0 Å². The number of rotatable bonds is 6. The Morgan fingerprint density at radius 2 is 2.33 bits per heavy atom. The molecule has 1 aromatic rings. The molecule has 2 heterocycles. The summed E-state index contributed by atoms with van der Waals surface area (Å²) in [5.74, 6) is 1.09. The summed E-state index contributed by atoms with van der Waals surface area (Å²) in [6.45, 7) is 7.10. The van der Waals surface area contributed by atoms with E-state index in [1.807, 2.05) is 6.07 Å². The largest absolute Gasteiger partial charge is 0.469 e. The summed E-state index contributed by atoms with van der Waals surface area (Å²) in [7, 11) is 0. The minimum absolute atomic E-state index is 0.696. The molecule has 0 spiro atoms. The average molecular weight is 250 g/mol. The molecule has 3 heteroatoms. The van der Waals surface area contributed by atoms with Gasteiger partial charge in [-0.1, -0.05) is 6.92 Å². The third kappa shape index (κ3) is 4.46. The van der Waals surface area contributed by atoms with E-state index in [4.69, 9.17) is 4.42 Å². The van der Waals surface area contributed by atoms with Crippen LogP contribution in [0.2, 0.25) is 0 Å². The molecule has 1 atom stereocenters. The molecule has 1 N–H and O–H groups in total. The summed E-state index contributed by atoms with van der Waals surface area (Å²) in [5.41, 5.74) is 0. The third-order valence-electron chi connectivity index (χ3n) is 3.75. The second kappa shape index (κ2) is 7.59. The molecule has 0 saturated carbocycles. The van der Waals surface area contributed by atoms with Crippen molar-refractivity contribution in [1.82, 2.24) is 10.2 Å². The van der Waals surface area contributed by atoms with Gasteiger partial charge in [-0.05, 0) is 57.5 Å². The van der Waals surface area contributed by atoms with Crippen molar-refractivity contribution in [3.05, 3.63) is 24.2 Å². The van der Waals surface area contributed by atoms with Crippen LogP contribution in [0.25, 0.3) is 0 Å². The maximum atomic E-state index is 5.35. The van der Waals surface area contributed by atoms with Crippen LogP contribution in [0, 0.1) is 0 Å². The molecule has 0 aliphatic carbocycles. The molecule has 2 rings (SSSR count). The minimum Gasteiger partial charge on any atom is -0.469 e. The summed E-state index contributed by atoms with van der Waals surface area (Å²) in [4.78, 5) is 2.61. The number of nitrogens with one attached hydrogen (secondary N) is 1. The van der Waals surface area contributed by atoms with E-state index in [1.165, 1.54) is 45.3 Å². The van der Waals surface area contributed by atoms with Gasteiger partial charge >= 0.3 is 0 Å². The number of hydrogen-bond acceptors (Lipinski definition) is 3. The molecule has 0 aromatic carbocycles. The van der Waals surface area contributed by atoms with Crippen molar-refractivity contribution in [2.75, 3.05) is 26.2 Å². The maximum Gasteiger partial charge on any atom is 0.105 e. The van der Waals surface area contributed by atoms with Crippen molar-refractivity contribution in [3.63, 3.8) is 0 Å². The van der Waals surface area contributed by atoms with E-state index < -0.39 is 0 Å². The van der Waals surface area contributed by atoms with Gasteiger partial charge in [0.05, 0.1) is 6.26 Å². The lowest BCUT2D eigenvalue weighted by atomic mass is 10.1. The van der Waals surface area contributed by atoms with Crippen molar-refractivity contribution in [2.24, 2.45) is 0 Å². The summed E-state index contributed by atoms with van der Waals surface area (Å²) in [6, 6.07) is 4.71. The van der Waals surface area contributed by atoms with E-state index in [1.54, 1.807) is 6.26 Å². The molecule has 1 unspecified atom stereocenters. The van der Waals surface area contributed by atoms with Crippen LogP contribution in [-0.4, -0.2) is 37.1 Å². The zero-order chi connectivity index (χ0) is 12.6. The fourth-order valence-electron chi connectivity index (χ4n) is 2.75. The predicted octanol–water partition coefficient (Wildman–Crippen LogP) is 2.68. The lowest BCUT2D eigenvalue weighted by molar-refractivity contribution is 0.282. The molecule has 0 amide bonds. The second-order valence-electron chi connectivity index (χ2n) is 5.25. The van der Waals surface area contributed by atoms with Gasteiger partial charge in [-0.25, -0.2) is 0 Å². The van der Waals surface area contributed by atoms with Crippen LogP contribution in [0.4, 0.5) is 0 Å². The Hall–Kier alpha value is -0.800. The van der Waals surface area contributed by atoms with Crippen molar-refractivity contribution >= 4 is 0 Å². The lowest BCUT2D eigenvalue weighted by Gasteiger charge is -2.19. The van der Waals surface area contributed by atoms with E-state index in [0.717, 1.165) is 18.7 Å². The quantitative estimate of drug-likeness (QED) is 0.841. The highest BCUT2D eigenvalue weighted by Gasteiger charge is 2.15. The fraction of sp³-hybridized carbons (Fsp3) is 0.733. The molecule has 3 nitrogen and oxygen atoms in total. The van der Waals surface area contributed by atoms with Gasteiger partial charge in [-0.3, -0.25) is 0 Å². The number of likely N-dealkylation sites (tertiary alicyclic amines) is 1. The normalized spacial score (nSPS) is 21.9. The molecule has 1 aliphatic rings. The Kier molecular flexibility index (Phi) is 5.75. The number of furan rings is 1. The van der Waals surface area contributed by atoms with Gasteiger partial charge in [-0.15, -0.1) is 0 Å². The van der Waals surface area contributed by atoms with Gasteiger partial charge in [0.25, 0.3) is 0 Å². The average Bonchev–Trinajstić information content (AvgIpc) is 2.78. The van der Waals surface area contributed by atoms with Crippen LogP contribution in [-0.2, 0) is 6.42 Å². The van der Waals surface area contributed by atoms with Crippen LogP contribution in [0.1, 0.15) is 38.4 Å². The molecular formula is C15H26N2O.